The molecular weight excluding hydrogens is 324 g/mol. The number of primary amides is 1. The van der Waals surface area contributed by atoms with E-state index >= 15 is 0 Å². The van der Waals surface area contributed by atoms with Crippen molar-refractivity contribution in [2.75, 3.05) is 26.2 Å². The number of hydrogen-bond donors (Lipinski definition) is 1. The number of hydrogen-bond acceptors (Lipinski definition) is 3. The molecule has 26 heavy (non-hydrogen) atoms. The zero-order chi connectivity index (χ0) is 18.2. The van der Waals surface area contributed by atoms with Gasteiger partial charge in [-0.05, 0) is 61.5 Å². The number of carbonyl (C=O) groups excluding carboxylic acids is 1. The lowest BCUT2D eigenvalue weighted by atomic mass is 9.90. The summed E-state index contributed by atoms with van der Waals surface area (Å²) in [6.45, 7) is 3.90. The van der Waals surface area contributed by atoms with Crippen LogP contribution in [-0.4, -0.2) is 37.0 Å². The maximum absolute atomic E-state index is 11.0. The van der Waals surface area contributed by atoms with Crippen molar-refractivity contribution < 1.29 is 9.53 Å². The zero-order valence-electron chi connectivity index (χ0n) is 15.3. The van der Waals surface area contributed by atoms with E-state index in [1.807, 2.05) is 24.3 Å². The van der Waals surface area contributed by atoms with Crippen molar-refractivity contribution in [3.63, 3.8) is 0 Å². The van der Waals surface area contributed by atoms with E-state index in [1.165, 1.54) is 24.8 Å². The van der Waals surface area contributed by atoms with Crippen LogP contribution in [0, 0.1) is 5.92 Å². The first-order chi connectivity index (χ1) is 12.7. The number of benzene rings is 2. The molecule has 1 aliphatic heterocycles. The van der Waals surface area contributed by atoms with Gasteiger partial charge >= 0.3 is 0 Å². The van der Waals surface area contributed by atoms with Gasteiger partial charge in [-0.3, -0.25) is 9.69 Å². The van der Waals surface area contributed by atoms with Crippen LogP contribution in [-0.2, 0) is 17.6 Å². The third-order valence-electron chi connectivity index (χ3n) is 5.03. The van der Waals surface area contributed by atoms with Gasteiger partial charge in [0.15, 0.2) is 0 Å². The van der Waals surface area contributed by atoms with Crippen LogP contribution in [0.25, 0.3) is 0 Å². The lowest BCUT2D eigenvalue weighted by Crippen LogP contribution is -2.37. The molecule has 3 rings (SSSR count). The summed E-state index contributed by atoms with van der Waals surface area (Å²) in [6, 6.07) is 18.4. The summed E-state index contributed by atoms with van der Waals surface area (Å²) < 4.78 is 5.86. The Morgan fingerprint density at radius 2 is 1.77 bits per heavy atom. The molecule has 0 saturated carbocycles. The number of nitrogens with zero attached hydrogens (tertiary/aromatic N) is 1. The molecule has 4 heteroatoms. The van der Waals surface area contributed by atoms with E-state index in [9.17, 15) is 4.79 Å². The van der Waals surface area contributed by atoms with Crippen LogP contribution in [0.3, 0.4) is 0 Å². The fourth-order valence-corrected chi connectivity index (χ4v) is 3.60. The van der Waals surface area contributed by atoms with Crippen molar-refractivity contribution in [3.8, 4) is 5.75 Å². The van der Waals surface area contributed by atoms with Gasteiger partial charge in [0.25, 0.3) is 0 Å². The van der Waals surface area contributed by atoms with Crippen LogP contribution in [0.5, 0.6) is 5.75 Å². The SMILES string of the molecule is NC(=O)Cc1cccc(OCCN2CCC(Cc3ccccc3)CC2)c1. The summed E-state index contributed by atoms with van der Waals surface area (Å²) in [5, 5.41) is 0. The summed E-state index contributed by atoms with van der Waals surface area (Å²) in [7, 11) is 0. The molecule has 1 amide bonds. The highest BCUT2D eigenvalue weighted by Gasteiger charge is 2.19. The van der Waals surface area contributed by atoms with Crippen molar-refractivity contribution in [3.05, 3.63) is 65.7 Å². The monoisotopic (exact) mass is 352 g/mol. The molecule has 1 heterocycles. The van der Waals surface area contributed by atoms with Gasteiger partial charge in [-0.1, -0.05) is 42.5 Å². The fraction of sp³-hybridized carbons (Fsp3) is 0.409. The molecule has 2 aromatic carbocycles. The summed E-state index contributed by atoms with van der Waals surface area (Å²) >= 11 is 0. The minimum Gasteiger partial charge on any atom is -0.492 e. The Hall–Kier alpha value is -2.33. The molecule has 2 N–H and O–H groups in total. The van der Waals surface area contributed by atoms with Crippen LogP contribution in [0.1, 0.15) is 24.0 Å². The molecular formula is C22H28N2O2. The van der Waals surface area contributed by atoms with E-state index in [0.29, 0.717) is 6.61 Å². The van der Waals surface area contributed by atoms with Gasteiger partial charge in [-0.25, -0.2) is 0 Å². The number of amides is 1. The molecule has 2 aromatic rings. The van der Waals surface area contributed by atoms with Crippen molar-refractivity contribution in [2.24, 2.45) is 11.7 Å². The largest absolute Gasteiger partial charge is 0.492 e. The Morgan fingerprint density at radius 3 is 2.50 bits per heavy atom. The average molecular weight is 352 g/mol. The Morgan fingerprint density at radius 1 is 1.04 bits per heavy atom. The normalized spacial score (nSPS) is 15.7. The molecule has 0 aromatic heterocycles. The fourth-order valence-electron chi connectivity index (χ4n) is 3.60. The third kappa shape index (κ3) is 5.88. The van der Waals surface area contributed by atoms with E-state index < -0.39 is 0 Å². The first kappa shape index (κ1) is 18.5. The summed E-state index contributed by atoms with van der Waals surface area (Å²) in [4.78, 5) is 13.5. The van der Waals surface area contributed by atoms with E-state index in [2.05, 4.69) is 35.2 Å². The smallest absolute Gasteiger partial charge is 0.221 e. The second-order valence-electron chi connectivity index (χ2n) is 7.11. The number of rotatable bonds is 8. The number of nitrogens with two attached hydrogens (primary N) is 1. The Kier molecular flexibility index (Phi) is 6.67. The van der Waals surface area contributed by atoms with Crippen molar-refractivity contribution in [2.45, 2.75) is 25.7 Å². The van der Waals surface area contributed by atoms with Gasteiger partial charge in [-0.15, -0.1) is 0 Å². The molecule has 1 aliphatic rings. The van der Waals surface area contributed by atoms with Gasteiger partial charge < -0.3 is 10.5 Å². The lowest BCUT2D eigenvalue weighted by molar-refractivity contribution is -0.117. The molecule has 0 aliphatic carbocycles. The molecule has 1 saturated heterocycles. The van der Waals surface area contributed by atoms with Crippen molar-refractivity contribution >= 4 is 5.91 Å². The second kappa shape index (κ2) is 9.39. The van der Waals surface area contributed by atoms with Crippen molar-refractivity contribution in [1.82, 2.24) is 4.90 Å². The first-order valence-electron chi connectivity index (χ1n) is 9.45. The van der Waals surface area contributed by atoms with Crippen LogP contribution in [0.4, 0.5) is 0 Å². The summed E-state index contributed by atoms with van der Waals surface area (Å²) in [5.41, 5.74) is 7.59. The van der Waals surface area contributed by atoms with Crippen LogP contribution in [0.2, 0.25) is 0 Å². The van der Waals surface area contributed by atoms with Crippen LogP contribution < -0.4 is 10.5 Å². The minimum atomic E-state index is -0.319. The standard InChI is InChI=1S/C22H28N2O2/c23-22(25)17-20-7-4-8-21(16-20)26-14-13-24-11-9-19(10-12-24)15-18-5-2-1-3-6-18/h1-8,16,19H,9-15,17H2,(H2,23,25). The second-order valence-corrected chi connectivity index (χ2v) is 7.11. The Bertz CT molecular complexity index is 694. The van der Waals surface area contributed by atoms with Crippen LogP contribution in [0.15, 0.2) is 54.6 Å². The van der Waals surface area contributed by atoms with Gasteiger partial charge in [0.2, 0.25) is 5.91 Å². The van der Waals surface area contributed by atoms with E-state index in [-0.39, 0.29) is 12.3 Å². The van der Waals surface area contributed by atoms with Crippen molar-refractivity contribution in [1.29, 1.82) is 0 Å². The highest BCUT2D eigenvalue weighted by atomic mass is 16.5. The topological polar surface area (TPSA) is 55.6 Å². The number of ether oxygens (including phenoxy) is 1. The predicted octanol–water partition coefficient (Wildman–Crippen LogP) is 3.05. The number of likely N-dealkylation sites (tertiary alicyclic amines) is 1. The van der Waals surface area contributed by atoms with Crippen LogP contribution >= 0.6 is 0 Å². The molecule has 0 spiro atoms. The molecule has 0 atom stereocenters. The summed E-state index contributed by atoms with van der Waals surface area (Å²) in [6.07, 6.45) is 3.95. The maximum Gasteiger partial charge on any atom is 0.221 e. The van der Waals surface area contributed by atoms with Gasteiger partial charge in [0, 0.05) is 6.54 Å². The van der Waals surface area contributed by atoms with Gasteiger partial charge in [0.05, 0.1) is 6.42 Å². The van der Waals surface area contributed by atoms with Gasteiger partial charge in [-0.2, -0.15) is 0 Å². The molecule has 4 nitrogen and oxygen atoms in total. The highest BCUT2D eigenvalue weighted by molar-refractivity contribution is 5.76. The molecule has 0 bridgehead atoms. The Labute approximate surface area is 156 Å². The lowest BCUT2D eigenvalue weighted by Gasteiger charge is -2.31. The zero-order valence-corrected chi connectivity index (χ0v) is 15.3. The molecule has 1 fully saturated rings. The predicted molar refractivity (Wildman–Crippen MR) is 104 cm³/mol. The molecule has 0 unspecified atom stereocenters. The van der Waals surface area contributed by atoms with E-state index in [1.54, 1.807) is 0 Å². The number of carbonyl (C=O) groups is 1. The quantitative estimate of drug-likeness (QED) is 0.794. The Balaban J connectivity index is 1.37. The highest BCUT2D eigenvalue weighted by Crippen LogP contribution is 2.21. The number of piperidine rings is 1. The molecule has 138 valence electrons. The van der Waals surface area contributed by atoms with Gasteiger partial charge in [0.1, 0.15) is 12.4 Å². The first-order valence-corrected chi connectivity index (χ1v) is 9.45. The summed E-state index contributed by atoms with van der Waals surface area (Å²) in [5.74, 6) is 1.28. The maximum atomic E-state index is 11.0. The van der Waals surface area contributed by atoms with E-state index in [4.69, 9.17) is 10.5 Å². The molecule has 0 radical (unpaired) electrons. The van der Waals surface area contributed by atoms with E-state index in [0.717, 1.165) is 36.9 Å². The minimum absolute atomic E-state index is 0.256. The third-order valence-corrected chi connectivity index (χ3v) is 5.03. The average Bonchev–Trinajstić information content (AvgIpc) is 2.64.